The second-order valence-corrected chi connectivity index (χ2v) is 16.0. The summed E-state index contributed by atoms with van der Waals surface area (Å²) in [6.45, 7) is 3.39. The van der Waals surface area contributed by atoms with Crippen molar-refractivity contribution in [2.75, 3.05) is 12.4 Å². The number of hydrogen-bond acceptors (Lipinski definition) is 13. The van der Waals surface area contributed by atoms with Crippen LogP contribution < -0.4 is 0 Å². The van der Waals surface area contributed by atoms with Crippen molar-refractivity contribution in [1.82, 2.24) is 0 Å². The molecular formula is C30H58O15P2S. The van der Waals surface area contributed by atoms with Crippen LogP contribution in [-0.4, -0.2) is 101 Å². The van der Waals surface area contributed by atoms with E-state index in [9.17, 15) is 44.0 Å². The van der Waals surface area contributed by atoms with Crippen molar-refractivity contribution in [2.24, 2.45) is 0 Å². The molecule has 0 aliphatic heterocycles. The molecule has 0 heterocycles. The van der Waals surface area contributed by atoms with E-state index in [1.165, 1.54) is 51.4 Å². The van der Waals surface area contributed by atoms with Gasteiger partial charge >= 0.3 is 21.6 Å². The van der Waals surface area contributed by atoms with Crippen molar-refractivity contribution < 1.29 is 72.1 Å². The van der Waals surface area contributed by atoms with Crippen LogP contribution in [-0.2, 0) is 37.0 Å². The highest BCUT2D eigenvalue weighted by atomic mass is 32.2. The smallest absolute Gasteiger partial charge is 0.460 e. The van der Waals surface area contributed by atoms with Gasteiger partial charge in [-0.25, -0.2) is 9.13 Å². The summed E-state index contributed by atoms with van der Waals surface area (Å²) < 4.78 is 43.6. The quantitative estimate of drug-likeness (QED) is 0.0352. The normalized spacial score (nSPS) is 25.0. The Kier molecular flexibility index (Phi) is 23.4. The first-order valence-electron chi connectivity index (χ1n) is 17.1. The number of unbranched alkanes of at least 4 members (excludes halogenated alkanes) is 12. The van der Waals surface area contributed by atoms with E-state index in [1.807, 2.05) is 6.92 Å². The zero-order chi connectivity index (χ0) is 36.2. The molecular weight excluding hydrogens is 694 g/mol. The Balaban J connectivity index is 2.61. The van der Waals surface area contributed by atoms with Gasteiger partial charge in [0.15, 0.2) is 5.12 Å². The van der Waals surface area contributed by atoms with Crippen molar-refractivity contribution in [2.45, 2.75) is 166 Å². The Morgan fingerprint density at radius 3 is 1.67 bits per heavy atom. The second-order valence-electron chi connectivity index (χ2n) is 12.2. The number of hydrogen-bond donors (Lipinski definition) is 7. The first-order valence-corrected chi connectivity index (χ1v) is 21.1. The van der Waals surface area contributed by atoms with Crippen LogP contribution in [0.15, 0.2) is 0 Å². The third-order valence-electron chi connectivity index (χ3n) is 7.92. The minimum absolute atomic E-state index is 0.0697. The zero-order valence-corrected chi connectivity index (χ0v) is 30.8. The lowest BCUT2D eigenvalue weighted by Gasteiger charge is -2.43. The molecule has 284 valence electrons. The Hall–Kier alpha value is -0.450. The number of aliphatic hydroxyl groups is 4. The van der Waals surface area contributed by atoms with Crippen LogP contribution >= 0.6 is 27.4 Å². The van der Waals surface area contributed by atoms with Crippen molar-refractivity contribution in [3.05, 3.63) is 0 Å². The monoisotopic (exact) mass is 752 g/mol. The van der Waals surface area contributed by atoms with Gasteiger partial charge in [0.25, 0.3) is 0 Å². The number of aliphatic hydroxyl groups excluding tert-OH is 4. The molecule has 4 unspecified atom stereocenters. The number of rotatable bonds is 27. The first kappa shape index (κ1) is 45.6. The fourth-order valence-electron chi connectivity index (χ4n) is 5.24. The van der Waals surface area contributed by atoms with E-state index in [1.54, 1.807) is 0 Å². The van der Waals surface area contributed by atoms with Crippen molar-refractivity contribution in [3.8, 4) is 0 Å². The fraction of sp³-hybridized carbons (Fsp3) is 0.933. The van der Waals surface area contributed by atoms with Gasteiger partial charge in [0.1, 0.15) is 42.7 Å². The topological polar surface area (TPSA) is 247 Å². The molecule has 0 aromatic heterocycles. The molecule has 0 radical (unpaired) electrons. The summed E-state index contributed by atoms with van der Waals surface area (Å²) in [5, 5.41) is 40.7. The number of esters is 1. The summed E-state index contributed by atoms with van der Waals surface area (Å²) in [5.74, 6) is -0.334. The molecule has 0 aromatic carbocycles. The van der Waals surface area contributed by atoms with Crippen LogP contribution in [0.1, 0.15) is 123 Å². The van der Waals surface area contributed by atoms with E-state index in [-0.39, 0.29) is 23.7 Å². The molecule has 0 aromatic rings. The third kappa shape index (κ3) is 19.8. The Morgan fingerprint density at radius 1 is 0.667 bits per heavy atom. The van der Waals surface area contributed by atoms with Gasteiger partial charge < -0.3 is 39.8 Å². The van der Waals surface area contributed by atoms with Gasteiger partial charge in [-0.2, -0.15) is 0 Å². The summed E-state index contributed by atoms with van der Waals surface area (Å²) in [5.41, 5.74) is 0. The van der Waals surface area contributed by atoms with E-state index < -0.39 is 70.9 Å². The number of carbonyl (C=O) groups is 2. The average Bonchev–Trinajstić information content (AvgIpc) is 3.01. The van der Waals surface area contributed by atoms with Gasteiger partial charge in [-0.05, 0) is 19.3 Å². The predicted molar refractivity (Wildman–Crippen MR) is 179 cm³/mol. The lowest BCUT2D eigenvalue weighted by atomic mass is 9.85. The van der Waals surface area contributed by atoms with Gasteiger partial charge in [-0.15, -0.1) is 0 Å². The molecule has 0 saturated heterocycles. The summed E-state index contributed by atoms with van der Waals surface area (Å²) in [4.78, 5) is 53.0. The SMILES string of the molecule is CCCCCCCCCCCCCCCC(=O)O[C@H](CCSC(=O)CCC)COP(=O)(O)OC1C(O)[C@@H](OP(=O)(O)O)C(O)[C@@H](O)[C@H]1O. The van der Waals surface area contributed by atoms with E-state index >= 15 is 0 Å². The van der Waals surface area contributed by atoms with Crippen LogP contribution in [0.5, 0.6) is 0 Å². The zero-order valence-electron chi connectivity index (χ0n) is 28.2. The van der Waals surface area contributed by atoms with Crippen molar-refractivity contribution in [3.63, 3.8) is 0 Å². The van der Waals surface area contributed by atoms with Crippen LogP contribution in [0, 0.1) is 0 Å². The standard InChI is InChI=1S/C30H58O15P2S/c1-3-5-6-7-8-9-10-11-12-13-14-15-16-18-23(31)43-22(19-20-48-24(32)17-4-2)21-42-47(40,41)45-30-27(35)25(33)26(34)29(28(30)36)44-46(37,38)39/h22,25-30,33-36H,3-21H2,1-2H3,(H,40,41)(H2,37,38,39)/t22-,25-,26?,27-,28?,29+,30?/m1/s1. The van der Waals surface area contributed by atoms with Gasteiger partial charge in [0.05, 0.1) is 6.61 Å². The van der Waals surface area contributed by atoms with Crippen molar-refractivity contribution >= 4 is 38.5 Å². The lowest BCUT2D eigenvalue weighted by molar-refractivity contribution is -0.216. The minimum Gasteiger partial charge on any atom is -0.460 e. The Bertz CT molecular complexity index is 999. The molecule has 0 amide bonds. The highest BCUT2D eigenvalue weighted by Gasteiger charge is 2.54. The maximum atomic E-state index is 12.8. The molecule has 1 fully saturated rings. The Labute approximate surface area is 288 Å². The number of carbonyl (C=O) groups excluding carboxylic acids is 2. The third-order valence-corrected chi connectivity index (χ3v) is 10.4. The average molecular weight is 753 g/mol. The second kappa shape index (κ2) is 24.7. The number of ether oxygens (including phenoxy) is 1. The Morgan fingerprint density at radius 2 is 1.17 bits per heavy atom. The molecule has 8 atom stereocenters. The molecule has 0 bridgehead atoms. The number of phosphoric ester groups is 2. The van der Waals surface area contributed by atoms with Crippen molar-refractivity contribution in [1.29, 1.82) is 0 Å². The van der Waals surface area contributed by atoms with Gasteiger partial charge in [-0.1, -0.05) is 103 Å². The summed E-state index contributed by atoms with van der Waals surface area (Å²) >= 11 is 1.02. The van der Waals surface area contributed by atoms with E-state index in [4.69, 9.17) is 23.6 Å². The largest absolute Gasteiger partial charge is 0.472 e. The highest BCUT2D eigenvalue weighted by Crippen LogP contribution is 2.49. The summed E-state index contributed by atoms with van der Waals surface area (Å²) in [7, 11) is -10.5. The first-order chi connectivity index (χ1) is 22.6. The molecule has 15 nitrogen and oxygen atoms in total. The molecule has 18 heteroatoms. The van der Waals surface area contributed by atoms with E-state index in [0.717, 1.165) is 37.4 Å². The van der Waals surface area contributed by atoms with Crippen LogP contribution in [0.4, 0.5) is 0 Å². The molecule has 1 aliphatic carbocycles. The molecule has 1 saturated carbocycles. The van der Waals surface area contributed by atoms with Gasteiger partial charge in [-0.3, -0.25) is 23.2 Å². The summed E-state index contributed by atoms with van der Waals surface area (Å²) in [6, 6.07) is 0. The highest BCUT2D eigenvalue weighted by molar-refractivity contribution is 8.13. The maximum absolute atomic E-state index is 12.8. The molecule has 0 spiro atoms. The van der Waals surface area contributed by atoms with Crippen LogP contribution in [0.2, 0.25) is 0 Å². The van der Waals surface area contributed by atoms with E-state index in [2.05, 4.69) is 11.4 Å². The maximum Gasteiger partial charge on any atom is 0.472 e. The van der Waals surface area contributed by atoms with Gasteiger partial charge in [0.2, 0.25) is 0 Å². The lowest BCUT2D eigenvalue weighted by Crippen LogP contribution is -2.64. The molecule has 48 heavy (non-hydrogen) atoms. The fourth-order valence-corrected chi connectivity index (χ4v) is 7.74. The number of thioether (sulfide) groups is 1. The van der Waals surface area contributed by atoms with E-state index in [0.29, 0.717) is 19.3 Å². The minimum atomic E-state index is -5.32. The van der Waals surface area contributed by atoms with Crippen LogP contribution in [0.3, 0.4) is 0 Å². The predicted octanol–water partition coefficient (Wildman–Crippen LogP) is 4.27. The molecule has 1 aliphatic rings. The summed E-state index contributed by atoms with van der Waals surface area (Å²) in [6.07, 6.45) is 1.78. The molecule has 1 rings (SSSR count). The van der Waals surface area contributed by atoms with Crippen LogP contribution in [0.25, 0.3) is 0 Å². The number of phosphoric acid groups is 2. The molecule has 7 N–H and O–H groups in total. The van der Waals surface area contributed by atoms with Gasteiger partial charge in [0, 0.05) is 18.6 Å².